The number of fused-ring (bicyclic) bond motifs is 1. The lowest BCUT2D eigenvalue weighted by Crippen LogP contribution is -1.92. The highest BCUT2D eigenvalue weighted by molar-refractivity contribution is 6.04. The van der Waals surface area contributed by atoms with Gasteiger partial charge < -0.3 is 0 Å². The molecule has 0 aromatic heterocycles. The maximum absolute atomic E-state index is 11.6. The van der Waals surface area contributed by atoms with Crippen LogP contribution in [0.5, 0.6) is 0 Å². The quantitative estimate of drug-likeness (QED) is 0.169. The summed E-state index contributed by atoms with van der Waals surface area (Å²) < 4.78 is 0. The molecule has 0 heterocycles. The number of aldehydes is 1. The minimum Gasteiger partial charge on any atom is -0.299 e. The highest BCUT2D eigenvalue weighted by Gasteiger charge is 2.10. The van der Waals surface area contributed by atoms with Gasteiger partial charge in [0.05, 0.1) is 0 Å². The van der Waals surface area contributed by atoms with Crippen molar-refractivity contribution in [3.8, 4) is 11.8 Å². The molecule has 0 bridgehead atoms. The van der Waals surface area contributed by atoms with Crippen LogP contribution in [0.4, 0.5) is 0 Å². The van der Waals surface area contributed by atoms with Gasteiger partial charge in [0.15, 0.2) is 0 Å². The van der Waals surface area contributed by atoms with Gasteiger partial charge in [-0.15, -0.1) is 0 Å². The van der Waals surface area contributed by atoms with Gasteiger partial charge in [0.25, 0.3) is 0 Å². The summed E-state index contributed by atoms with van der Waals surface area (Å²) in [6.45, 7) is 0. The predicted molar refractivity (Wildman–Crippen MR) is 126 cm³/mol. The Labute approximate surface area is 177 Å². The molecule has 4 rings (SSSR count). The molecule has 142 valence electrons. The lowest BCUT2D eigenvalue weighted by molar-refractivity contribution is -0.104. The van der Waals surface area contributed by atoms with Crippen LogP contribution < -0.4 is 0 Å². The largest absolute Gasteiger partial charge is 0.299 e. The Morgan fingerprint density at radius 3 is 2.13 bits per heavy atom. The number of carbonyl (C=O) groups excluding carboxylic acids is 1. The van der Waals surface area contributed by atoms with Crippen molar-refractivity contribution < 1.29 is 4.79 Å². The third-order valence-corrected chi connectivity index (χ3v) is 4.83. The summed E-state index contributed by atoms with van der Waals surface area (Å²) in [5.74, 6) is 6.56. The van der Waals surface area contributed by atoms with Gasteiger partial charge in [-0.3, -0.25) is 4.79 Å². The molecule has 0 saturated carbocycles. The summed E-state index contributed by atoms with van der Waals surface area (Å²) in [7, 11) is 0. The lowest BCUT2D eigenvalue weighted by atomic mass is 9.91. The molecule has 0 aliphatic carbocycles. The van der Waals surface area contributed by atoms with Crippen molar-refractivity contribution in [1.29, 1.82) is 0 Å². The van der Waals surface area contributed by atoms with Crippen molar-refractivity contribution in [2.24, 2.45) is 0 Å². The Morgan fingerprint density at radius 1 is 0.700 bits per heavy atom. The third-order valence-electron chi connectivity index (χ3n) is 4.83. The average molecular weight is 384 g/mol. The van der Waals surface area contributed by atoms with Crippen LogP contribution in [0, 0.1) is 11.8 Å². The molecule has 4 aromatic rings. The van der Waals surface area contributed by atoms with Crippen LogP contribution in [0.3, 0.4) is 0 Å². The summed E-state index contributed by atoms with van der Waals surface area (Å²) in [6.07, 6.45) is 4.48. The zero-order chi connectivity index (χ0) is 20.6. The number of rotatable bonds is 4. The summed E-state index contributed by atoms with van der Waals surface area (Å²) in [4.78, 5) is 11.6. The first-order valence-electron chi connectivity index (χ1n) is 9.83. The van der Waals surface area contributed by atoms with Crippen LogP contribution in [-0.4, -0.2) is 6.29 Å². The Morgan fingerprint density at radius 2 is 1.37 bits per heavy atom. The van der Waals surface area contributed by atoms with Gasteiger partial charge in [0, 0.05) is 16.7 Å². The molecule has 0 spiro atoms. The first-order valence-corrected chi connectivity index (χ1v) is 9.83. The molecule has 0 fully saturated rings. The fourth-order valence-corrected chi connectivity index (χ4v) is 3.41. The van der Waals surface area contributed by atoms with E-state index in [1.807, 2.05) is 91.0 Å². The highest BCUT2D eigenvalue weighted by atomic mass is 16.1. The molecule has 1 heteroatoms. The van der Waals surface area contributed by atoms with Gasteiger partial charge in [-0.2, -0.15) is 0 Å². The molecule has 0 aliphatic rings. The summed E-state index contributed by atoms with van der Waals surface area (Å²) in [5.41, 5.74) is 4.57. The lowest BCUT2D eigenvalue weighted by Gasteiger charge is -2.11. The minimum atomic E-state index is 0.800. The number of hydrogen-bond donors (Lipinski definition) is 0. The van der Waals surface area contributed by atoms with E-state index in [-0.39, 0.29) is 0 Å². The fourth-order valence-electron chi connectivity index (χ4n) is 3.41. The molecule has 1 nitrogen and oxygen atoms in total. The standard InChI is InChI=1S/C29H20O/c30-21-20-28(29-17-9-15-25-14-7-8-16-27(25)29)26(22-24-12-5-2-6-13-24)19-18-23-10-3-1-4-11-23/h1-17,20-22H/b26-22+,28-20-. The van der Waals surface area contributed by atoms with E-state index in [0.717, 1.165) is 44.9 Å². The number of carbonyl (C=O) groups is 1. The molecule has 30 heavy (non-hydrogen) atoms. The van der Waals surface area contributed by atoms with E-state index in [9.17, 15) is 4.79 Å². The molecule has 0 atom stereocenters. The molecule has 0 amide bonds. The average Bonchev–Trinajstić information content (AvgIpc) is 2.81. The van der Waals surface area contributed by atoms with E-state index < -0.39 is 0 Å². The third kappa shape index (κ3) is 4.46. The molecule has 0 aliphatic heterocycles. The van der Waals surface area contributed by atoms with Crippen molar-refractivity contribution in [1.82, 2.24) is 0 Å². The van der Waals surface area contributed by atoms with E-state index in [1.165, 1.54) is 0 Å². The van der Waals surface area contributed by atoms with Crippen LogP contribution in [-0.2, 0) is 4.79 Å². The smallest absolute Gasteiger partial charge is 0.143 e. The normalized spacial score (nSPS) is 11.6. The molecule has 0 saturated heterocycles. The van der Waals surface area contributed by atoms with Gasteiger partial charge in [-0.25, -0.2) is 0 Å². The second-order valence-corrected chi connectivity index (χ2v) is 6.83. The van der Waals surface area contributed by atoms with Crippen LogP contribution in [0.1, 0.15) is 16.7 Å². The van der Waals surface area contributed by atoms with Gasteiger partial charge in [0.1, 0.15) is 6.29 Å². The Kier molecular flexibility index (Phi) is 5.99. The molecular formula is C29H20O. The minimum absolute atomic E-state index is 0.800. The van der Waals surface area contributed by atoms with Gasteiger partial charge in [-0.1, -0.05) is 103 Å². The Balaban J connectivity index is 1.91. The van der Waals surface area contributed by atoms with Crippen LogP contribution in [0.15, 0.2) is 115 Å². The van der Waals surface area contributed by atoms with Crippen molar-refractivity contribution >= 4 is 28.7 Å². The van der Waals surface area contributed by atoms with E-state index in [0.29, 0.717) is 0 Å². The highest BCUT2D eigenvalue weighted by Crippen LogP contribution is 2.30. The van der Waals surface area contributed by atoms with Crippen molar-refractivity contribution in [3.05, 3.63) is 131 Å². The first kappa shape index (κ1) is 19.2. The van der Waals surface area contributed by atoms with Gasteiger partial charge in [0.2, 0.25) is 0 Å². The zero-order valence-corrected chi connectivity index (χ0v) is 16.5. The molecule has 0 unspecified atom stereocenters. The first-order chi connectivity index (χ1) is 14.8. The van der Waals surface area contributed by atoms with E-state index >= 15 is 0 Å². The van der Waals surface area contributed by atoms with Crippen LogP contribution in [0.2, 0.25) is 0 Å². The van der Waals surface area contributed by atoms with Crippen molar-refractivity contribution in [2.45, 2.75) is 0 Å². The second kappa shape index (κ2) is 9.37. The van der Waals surface area contributed by atoms with E-state index in [4.69, 9.17) is 0 Å². The Hall–Kier alpha value is -4.15. The fraction of sp³-hybridized carbons (Fsp3) is 0. The summed E-state index contributed by atoms with van der Waals surface area (Å²) in [5, 5.41) is 2.22. The monoisotopic (exact) mass is 384 g/mol. The maximum Gasteiger partial charge on any atom is 0.143 e. The topological polar surface area (TPSA) is 17.1 Å². The SMILES string of the molecule is O=C/C=C(/C(C#Cc1ccccc1)=C/c1ccccc1)c1cccc2ccccc12. The van der Waals surface area contributed by atoms with Gasteiger partial charge in [-0.05, 0) is 46.2 Å². The number of benzene rings is 4. The number of allylic oxidation sites excluding steroid dienone is 3. The van der Waals surface area contributed by atoms with Crippen molar-refractivity contribution in [2.75, 3.05) is 0 Å². The van der Waals surface area contributed by atoms with Gasteiger partial charge >= 0.3 is 0 Å². The number of hydrogen-bond acceptors (Lipinski definition) is 1. The second-order valence-electron chi connectivity index (χ2n) is 6.83. The van der Waals surface area contributed by atoms with E-state index in [2.05, 4.69) is 30.0 Å². The van der Waals surface area contributed by atoms with E-state index in [1.54, 1.807) is 6.08 Å². The molecule has 0 radical (unpaired) electrons. The molecule has 0 N–H and O–H groups in total. The Bertz CT molecular complexity index is 1280. The molecular weight excluding hydrogens is 364 g/mol. The molecule has 4 aromatic carbocycles. The maximum atomic E-state index is 11.6. The van der Waals surface area contributed by atoms with Crippen LogP contribution >= 0.6 is 0 Å². The summed E-state index contributed by atoms with van der Waals surface area (Å²) >= 11 is 0. The zero-order valence-electron chi connectivity index (χ0n) is 16.5. The van der Waals surface area contributed by atoms with Crippen molar-refractivity contribution in [3.63, 3.8) is 0 Å². The predicted octanol–water partition coefficient (Wildman–Crippen LogP) is 6.56. The summed E-state index contributed by atoms with van der Waals surface area (Å²) in [6, 6.07) is 34.2. The van der Waals surface area contributed by atoms with Crippen LogP contribution in [0.25, 0.3) is 22.4 Å².